The lowest BCUT2D eigenvalue weighted by Crippen LogP contribution is -2.12. The molecule has 1 heterocycles. The Kier molecular flexibility index (Phi) is 6.02. The lowest BCUT2D eigenvalue weighted by molar-refractivity contribution is 0.395. The zero-order valence-corrected chi connectivity index (χ0v) is 12.7. The number of unbranched alkanes of at least 4 members (excludes halogenated alkanes) is 1. The highest BCUT2D eigenvalue weighted by molar-refractivity contribution is 5.38. The van der Waals surface area contributed by atoms with Crippen molar-refractivity contribution in [3.05, 3.63) is 42.5 Å². The van der Waals surface area contributed by atoms with E-state index in [1.54, 1.807) is 17.3 Å². The minimum Gasteiger partial charge on any atom is -0.309 e. The van der Waals surface area contributed by atoms with Crippen LogP contribution in [0.3, 0.4) is 0 Å². The van der Waals surface area contributed by atoms with Gasteiger partial charge in [-0.2, -0.15) is 15.3 Å². The third kappa shape index (κ3) is 5.83. The SMILES string of the molecule is CN(C)CCCCN=Nc1ccc(Cn2cncn2)cc1. The molecule has 0 bridgehead atoms. The van der Waals surface area contributed by atoms with Crippen molar-refractivity contribution in [2.45, 2.75) is 19.4 Å². The third-order valence-electron chi connectivity index (χ3n) is 3.05. The molecule has 0 aliphatic carbocycles. The van der Waals surface area contributed by atoms with Crippen molar-refractivity contribution in [3.63, 3.8) is 0 Å². The summed E-state index contributed by atoms with van der Waals surface area (Å²) in [6.45, 7) is 2.61. The first-order valence-electron chi connectivity index (χ1n) is 7.17. The number of aromatic nitrogens is 3. The fraction of sp³-hybridized carbons (Fsp3) is 0.467. The summed E-state index contributed by atoms with van der Waals surface area (Å²) in [7, 11) is 4.17. The van der Waals surface area contributed by atoms with Crippen molar-refractivity contribution in [2.24, 2.45) is 10.2 Å². The lowest BCUT2D eigenvalue weighted by Gasteiger charge is -2.07. The normalized spacial score (nSPS) is 11.6. The van der Waals surface area contributed by atoms with E-state index in [0.29, 0.717) is 0 Å². The summed E-state index contributed by atoms with van der Waals surface area (Å²) in [5.41, 5.74) is 2.07. The van der Waals surface area contributed by atoms with Crippen LogP contribution in [-0.4, -0.2) is 46.8 Å². The largest absolute Gasteiger partial charge is 0.309 e. The number of hydrogen-bond acceptors (Lipinski definition) is 5. The molecule has 0 unspecified atom stereocenters. The van der Waals surface area contributed by atoms with Gasteiger partial charge in [-0.25, -0.2) is 9.67 Å². The predicted octanol–water partition coefficient (Wildman–Crippen LogP) is 2.75. The summed E-state index contributed by atoms with van der Waals surface area (Å²) in [6, 6.07) is 8.05. The van der Waals surface area contributed by atoms with Crippen molar-refractivity contribution >= 4 is 5.69 Å². The molecule has 2 rings (SSSR count). The zero-order valence-electron chi connectivity index (χ0n) is 12.7. The maximum absolute atomic E-state index is 4.24. The molecular formula is C15H22N6. The van der Waals surface area contributed by atoms with Crippen LogP contribution in [0.5, 0.6) is 0 Å². The van der Waals surface area contributed by atoms with E-state index in [1.807, 2.05) is 24.3 Å². The highest BCUT2D eigenvalue weighted by Gasteiger charge is 1.96. The Morgan fingerprint density at radius 1 is 1.14 bits per heavy atom. The third-order valence-corrected chi connectivity index (χ3v) is 3.05. The van der Waals surface area contributed by atoms with Crippen LogP contribution in [0.25, 0.3) is 0 Å². The Bertz CT molecular complexity index is 530. The summed E-state index contributed by atoms with van der Waals surface area (Å²) < 4.78 is 1.79. The Morgan fingerprint density at radius 3 is 2.62 bits per heavy atom. The van der Waals surface area contributed by atoms with E-state index < -0.39 is 0 Å². The molecule has 0 saturated heterocycles. The standard InChI is InChI=1S/C15H22N6/c1-20(2)10-4-3-9-17-19-15-7-5-14(6-8-15)11-21-13-16-12-18-21/h5-8,12-13H,3-4,9-11H2,1-2H3. The van der Waals surface area contributed by atoms with Crippen molar-refractivity contribution in [3.8, 4) is 0 Å². The molecular weight excluding hydrogens is 264 g/mol. The quantitative estimate of drug-likeness (QED) is 0.554. The van der Waals surface area contributed by atoms with Crippen molar-refractivity contribution < 1.29 is 0 Å². The van der Waals surface area contributed by atoms with Crippen LogP contribution in [-0.2, 0) is 6.54 Å². The Morgan fingerprint density at radius 2 is 1.95 bits per heavy atom. The highest BCUT2D eigenvalue weighted by Crippen LogP contribution is 2.14. The van der Waals surface area contributed by atoms with Gasteiger partial charge in [0, 0.05) is 0 Å². The number of hydrogen-bond donors (Lipinski definition) is 0. The molecule has 21 heavy (non-hydrogen) atoms. The van der Waals surface area contributed by atoms with Crippen LogP contribution in [0, 0.1) is 0 Å². The number of azo groups is 1. The maximum Gasteiger partial charge on any atom is 0.137 e. The topological polar surface area (TPSA) is 58.7 Å². The second-order valence-corrected chi connectivity index (χ2v) is 5.23. The molecule has 112 valence electrons. The van der Waals surface area contributed by atoms with E-state index in [9.17, 15) is 0 Å². The van der Waals surface area contributed by atoms with Crippen LogP contribution >= 0.6 is 0 Å². The van der Waals surface area contributed by atoms with Gasteiger partial charge in [-0.15, -0.1) is 0 Å². The van der Waals surface area contributed by atoms with Gasteiger partial charge in [0.05, 0.1) is 18.8 Å². The monoisotopic (exact) mass is 286 g/mol. The number of rotatable bonds is 8. The molecule has 0 N–H and O–H groups in total. The fourth-order valence-corrected chi connectivity index (χ4v) is 1.91. The fourth-order valence-electron chi connectivity index (χ4n) is 1.91. The maximum atomic E-state index is 4.24. The smallest absolute Gasteiger partial charge is 0.137 e. The van der Waals surface area contributed by atoms with Crippen LogP contribution < -0.4 is 0 Å². The summed E-state index contributed by atoms with van der Waals surface area (Å²) in [6.07, 6.45) is 5.48. The van der Waals surface area contributed by atoms with E-state index in [4.69, 9.17) is 0 Å². The molecule has 1 aromatic carbocycles. The van der Waals surface area contributed by atoms with Gasteiger partial charge in [-0.05, 0) is 51.2 Å². The van der Waals surface area contributed by atoms with E-state index in [1.165, 1.54) is 5.56 Å². The number of nitrogens with zero attached hydrogens (tertiary/aromatic N) is 6. The van der Waals surface area contributed by atoms with Crippen molar-refractivity contribution in [1.29, 1.82) is 0 Å². The van der Waals surface area contributed by atoms with Gasteiger partial charge in [0.1, 0.15) is 12.7 Å². The average Bonchev–Trinajstić information content (AvgIpc) is 2.97. The molecule has 0 atom stereocenters. The second kappa shape index (κ2) is 8.26. The van der Waals surface area contributed by atoms with Crippen LogP contribution in [0.15, 0.2) is 47.1 Å². The second-order valence-electron chi connectivity index (χ2n) is 5.23. The zero-order chi connectivity index (χ0) is 14.9. The van der Waals surface area contributed by atoms with Gasteiger partial charge >= 0.3 is 0 Å². The van der Waals surface area contributed by atoms with E-state index in [0.717, 1.165) is 38.2 Å². The van der Waals surface area contributed by atoms with E-state index in [2.05, 4.69) is 39.3 Å². The molecule has 0 fully saturated rings. The molecule has 0 spiro atoms. The summed E-state index contributed by atoms with van der Waals surface area (Å²) >= 11 is 0. The Balaban J connectivity index is 1.74. The van der Waals surface area contributed by atoms with Gasteiger partial charge in [-0.1, -0.05) is 12.1 Å². The predicted molar refractivity (Wildman–Crippen MR) is 82.7 cm³/mol. The first-order valence-corrected chi connectivity index (χ1v) is 7.17. The molecule has 1 aromatic heterocycles. The minimum atomic E-state index is 0.724. The molecule has 6 heteroatoms. The Labute approximate surface area is 125 Å². The van der Waals surface area contributed by atoms with Crippen molar-refractivity contribution in [1.82, 2.24) is 19.7 Å². The van der Waals surface area contributed by atoms with Gasteiger partial charge in [0.15, 0.2) is 0 Å². The first-order chi connectivity index (χ1) is 10.2. The summed E-state index contributed by atoms with van der Waals surface area (Å²) in [5, 5.41) is 12.5. The average molecular weight is 286 g/mol. The molecule has 2 aromatic rings. The summed E-state index contributed by atoms with van der Waals surface area (Å²) in [4.78, 5) is 6.11. The van der Waals surface area contributed by atoms with Gasteiger partial charge in [0.25, 0.3) is 0 Å². The van der Waals surface area contributed by atoms with Crippen LogP contribution in [0.2, 0.25) is 0 Å². The molecule has 0 aliphatic heterocycles. The highest BCUT2D eigenvalue weighted by atomic mass is 15.3. The van der Waals surface area contributed by atoms with Crippen molar-refractivity contribution in [2.75, 3.05) is 27.2 Å². The van der Waals surface area contributed by atoms with Gasteiger partial charge in [-0.3, -0.25) is 0 Å². The molecule has 0 amide bonds. The molecule has 0 radical (unpaired) electrons. The summed E-state index contributed by atoms with van der Waals surface area (Å²) in [5.74, 6) is 0. The van der Waals surface area contributed by atoms with Crippen LogP contribution in [0.1, 0.15) is 18.4 Å². The Hall–Kier alpha value is -2.08. The molecule has 0 saturated carbocycles. The molecule has 0 aliphatic rings. The van der Waals surface area contributed by atoms with Crippen LogP contribution in [0.4, 0.5) is 5.69 Å². The van der Waals surface area contributed by atoms with Gasteiger partial charge < -0.3 is 4.90 Å². The van der Waals surface area contributed by atoms with E-state index in [-0.39, 0.29) is 0 Å². The van der Waals surface area contributed by atoms with Gasteiger partial charge in [0.2, 0.25) is 0 Å². The first kappa shape index (κ1) is 15.3. The minimum absolute atomic E-state index is 0.724. The molecule has 6 nitrogen and oxygen atoms in total. The number of benzene rings is 1. The lowest BCUT2D eigenvalue weighted by atomic mass is 10.2. The van der Waals surface area contributed by atoms with E-state index >= 15 is 0 Å².